The lowest BCUT2D eigenvalue weighted by Crippen LogP contribution is -2.25. The van der Waals surface area contributed by atoms with E-state index in [0.29, 0.717) is 23.4 Å². The molecule has 0 bridgehead atoms. The van der Waals surface area contributed by atoms with Crippen LogP contribution in [0, 0.1) is 0 Å². The fourth-order valence-electron chi connectivity index (χ4n) is 2.76. The minimum absolute atomic E-state index is 0.139. The Kier molecular flexibility index (Phi) is 7.80. The predicted molar refractivity (Wildman–Crippen MR) is 105 cm³/mol. The van der Waals surface area contributed by atoms with E-state index in [2.05, 4.69) is 14.7 Å². The first kappa shape index (κ1) is 20.1. The summed E-state index contributed by atoms with van der Waals surface area (Å²) in [5.74, 6) is 0.139. The van der Waals surface area contributed by atoms with E-state index < -0.39 is 10.0 Å². The van der Waals surface area contributed by atoms with Crippen molar-refractivity contribution in [2.24, 2.45) is 16.5 Å². The minimum atomic E-state index is -3.52. The number of sulfonamides is 1. The molecule has 0 fully saturated rings. The van der Waals surface area contributed by atoms with Gasteiger partial charge in [-0.25, -0.2) is 13.1 Å². The Morgan fingerprint density at radius 2 is 1.77 bits per heavy atom. The Balaban J connectivity index is 1.71. The molecule has 0 saturated carbocycles. The molecule has 26 heavy (non-hydrogen) atoms. The molecule has 0 saturated heterocycles. The Bertz CT molecular complexity index is 827. The molecule has 5 N–H and O–H groups in total. The van der Waals surface area contributed by atoms with E-state index in [9.17, 15) is 8.42 Å². The number of benzene rings is 1. The standard InChI is InChI=1S/C18H27N5O2S/c19-18(20)22-11-5-3-1-2-4-6-12-23-26(24,25)17-9-7-8-15-14-21-13-10-16(15)17/h7-10,13-14,23H,1-6,11-12H2,(H4,19,20,22). The van der Waals surface area contributed by atoms with Crippen molar-refractivity contribution < 1.29 is 8.42 Å². The van der Waals surface area contributed by atoms with Crippen LogP contribution in [0.1, 0.15) is 38.5 Å². The van der Waals surface area contributed by atoms with Crippen LogP contribution in [0.15, 0.2) is 46.5 Å². The highest BCUT2D eigenvalue weighted by Gasteiger charge is 2.16. The Labute approximate surface area is 155 Å². The maximum atomic E-state index is 12.5. The van der Waals surface area contributed by atoms with E-state index in [-0.39, 0.29) is 5.96 Å². The molecule has 0 aliphatic rings. The van der Waals surface area contributed by atoms with Gasteiger partial charge in [0.15, 0.2) is 5.96 Å². The summed E-state index contributed by atoms with van der Waals surface area (Å²) in [6, 6.07) is 6.95. The number of rotatable bonds is 11. The molecule has 0 aliphatic heterocycles. The van der Waals surface area contributed by atoms with Gasteiger partial charge in [0, 0.05) is 36.3 Å². The fourth-order valence-corrected chi connectivity index (χ4v) is 4.07. The lowest BCUT2D eigenvalue weighted by molar-refractivity contribution is 0.566. The average Bonchev–Trinajstić information content (AvgIpc) is 2.62. The molecule has 2 rings (SSSR count). The molecule has 142 valence electrons. The van der Waals surface area contributed by atoms with Crippen LogP contribution in [0.25, 0.3) is 10.8 Å². The van der Waals surface area contributed by atoms with Gasteiger partial charge in [0.25, 0.3) is 0 Å². The quantitative estimate of drug-likeness (QED) is 0.314. The summed E-state index contributed by atoms with van der Waals surface area (Å²) in [5.41, 5.74) is 10.5. The van der Waals surface area contributed by atoms with Crippen LogP contribution in [-0.2, 0) is 10.0 Å². The van der Waals surface area contributed by atoms with Gasteiger partial charge >= 0.3 is 0 Å². The number of pyridine rings is 1. The van der Waals surface area contributed by atoms with Gasteiger partial charge in [0.1, 0.15) is 0 Å². The molecule has 1 heterocycles. The Morgan fingerprint density at radius 3 is 2.54 bits per heavy atom. The number of nitrogens with zero attached hydrogens (tertiary/aromatic N) is 2. The first-order valence-electron chi connectivity index (χ1n) is 8.88. The SMILES string of the molecule is NC(N)=NCCCCCCCCNS(=O)(=O)c1cccc2cnccc12. The van der Waals surface area contributed by atoms with Crippen LogP contribution >= 0.6 is 0 Å². The predicted octanol–water partition coefficient (Wildman–Crippen LogP) is 2.13. The summed E-state index contributed by atoms with van der Waals surface area (Å²) in [6.45, 7) is 1.11. The van der Waals surface area contributed by atoms with Gasteiger partial charge < -0.3 is 11.5 Å². The highest BCUT2D eigenvalue weighted by atomic mass is 32.2. The van der Waals surface area contributed by atoms with Crippen LogP contribution in [0.5, 0.6) is 0 Å². The van der Waals surface area contributed by atoms with Crippen molar-refractivity contribution in [2.45, 2.75) is 43.4 Å². The smallest absolute Gasteiger partial charge is 0.241 e. The van der Waals surface area contributed by atoms with E-state index in [0.717, 1.165) is 43.9 Å². The average molecular weight is 378 g/mol. The number of hydrogen-bond acceptors (Lipinski definition) is 4. The first-order chi connectivity index (χ1) is 12.5. The van der Waals surface area contributed by atoms with Crippen molar-refractivity contribution in [3.63, 3.8) is 0 Å². The molecule has 7 nitrogen and oxygen atoms in total. The normalized spacial score (nSPS) is 11.5. The van der Waals surface area contributed by atoms with Crippen molar-refractivity contribution >= 4 is 26.8 Å². The van der Waals surface area contributed by atoms with Gasteiger partial charge in [-0.2, -0.15) is 0 Å². The largest absolute Gasteiger partial charge is 0.370 e. The third-order valence-electron chi connectivity index (χ3n) is 4.10. The first-order valence-corrected chi connectivity index (χ1v) is 10.4. The molecule has 0 radical (unpaired) electrons. The lowest BCUT2D eigenvalue weighted by atomic mass is 10.1. The highest BCUT2D eigenvalue weighted by molar-refractivity contribution is 7.89. The topological polar surface area (TPSA) is 123 Å². The molecule has 8 heteroatoms. The molecular formula is C18H27N5O2S. The maximum Gasteiger partial charge on any atom is 0.241 e. The number of nitrogens with one attached hydrogen (secondary N) is 1. The summed E-state index contributed by atoms with van der Waals surface area (Å²) in [5, 5.41) is 1.51. The number of fused-ring (bicyclic) bond motifs is 1. The zero-order valence-corrected chi connectivity index (χ0v) is 15.7. The number of hydrogen-bond donors (Lipinski definition) is 3. The van der Waals surface area contributed by atoms with Crippen LogP contribution in [0.4, 0.5) is 0 Å². The molecule has 0 spiro atoms. The second-order valence-corrected chi connectivity index (χ2v) is 7.91. The highest BCUT2D eigenvalue weighted by Crippen LogP contribution is 2.21. The van der Waals surface area contributed by atoms with Crippen LogP contribution in [0.3, 0.4) is 0 Å². The fraction of sp³-hybridized carbons (Fsp3) is 0.444. The van der Waals surface area contributed by atoms with Crippen molar-refractivity contribution in [1.82, 2.24) is 9.71 Å². The van der Waals surface area contributed by atoms with Crippen molar-refractivity contribution in [1.29, 1.82) is 0 Å². The summed E-state index contributed by atoms with van der Waals surface area (Å²) in [6.07, 6.45) is 9.30. The van der Waals surface area contributed by atoms with Gasteiger partial charge in [0.2, 0.25) is 10.0 Å². The van der Waals surface area contributed by atoms with Gasteiger partial charge in [-0.05, 0) is 25.0 Å². The Hall–Kier alpha value is -2.19. The van der Waals surface area contributed by atoms with Crippen molar-refractivity contribution in [3.8, 4) is 0 Å². The molecule has 1 aromatic heterocycles. The van der Waals surface area contributed by atoms with Gasteiger partial charge in [0.05, 0.1) is 4.90 Å². The summed E-state index contributed by atoms with van der Waals surface area (Å²) in [7, 11) is -3.52. The van der Waals surface area contributed by atoms with Gasteiger partial charge in [-0.1, -0.05) is 37.8 Å². The van der Waals surface area contributed by atoms with Crippen molar-refractivity contribution in [3.05, 3.63) is 36.7 Å². The third kappa shape index (κ3) is 6.27. The van der Waals surface area contributed by atoms with E-state index in [1.807, 2.05) is 6.07 Å². The minimum Gasteiger partial charge on any atom is -0.370 e. The second kappa shape index (κ2) is 10.1. The van der Waals surface area contributed by atoms with E-state index in [1.165, 1.54) is 0 Å². The Morgan fingerprint density at radius 1 is 1.04 bits per heavy atom. The zero-order chi connectivity index (χ0) is 18.8. The lowest BCUT2D eigenvalue weighted by Gasteiger charge is -2.09. The molecule has 0 aliphatic carbocycles. The monoisotopic (exact) mass is 377 g/mol. The molecule has 0 atom stereocenters. The third-order valence-corrected chi connectivity index (χ3v) is 5.62. The van der Waals surface area contributed by atoms with Crippen LogP contribution < -0.4 is 16.2 Å². The molecule has 0 unspecified atom stereocenters. The maximum absolute atomic E-state index is 12.5. The molecule has 2 aromatic rings. The van der Waals surface area contributed by atoms with Gasteiger partial charge in [-0.3, -0.25) is 9.98 Å². The molecule has 0 amide bonds. The summed E-state index contributed by atoms with van der Waals surface area (Å²) in [4.78, 5) is 8.28. The number of unbranched alkanes of at least 4 members (excludes halogenated alkanes) is 5. The van der Waals surface area contributed by atoms with Gasteiger partial charge in [-0.15, -0.1) is 0 Å². The van der Waals surface area contributed by atoms with E-state index >= 15 is 0 Å². The number of nitrogens with two attached hydrogens (primary N) is 2. The van der Waals surface area contributed by atoms with Crippen LogP contribution in [-0.4, -0.2) is 32.5 Å². The summed E-state index contributed by atoms with van der Waals surface area (Å²) >= 11 is 0. The van der Waals surface area contributed by atoms with Crippen molar-refractivity contribution in [2.75, 3.05) is 13.1 Å². The summed E-state index contributed by atoms with van der Waals surface area (Å²) < 4.78 is 27.8. The van der Waals surface area contributed by atoms with E-state index in [4.69, 9.17) is 11.5 Å². The van der Waals surface area contributed by atoms with E-state index in [1.54, 1.807) is 30.6 Å². The number of guanidine groups is 1. The zero-order valence-electron chi connectivity index (χ0n) is 14.9. The second-order valence-electron chi connectivity index (χ2n) is 6.18. The van der Waals surface area contributed by atoms with Crippen LogP contribution in [0.2, 0.25) is 0 Å². The molecule has 1 aromatic carbocycles. The molecular weight excluding hydrogens is 350 g/mol. The number of aliphatic imine (C=N–C) groups is 1. The number of aromatic nitrogens is 1.